The molecule has 10 rings (SSSR count). The molecule has 0 unspecified atom stereocenters. The fraction of sp³-hybridized carbons (Fsp3) is 0.577. The molecule has 0 radical (unpaired) electrons. The molecule has 10 heterocycles. The summed E-state index contributed by atoms with van der Waals surface area (Å²) in [6, 6.07) is 6.52. The Bertz CT molecular complexity index is 2430. The molecule has 0 saturated carbocycles. The number of amides is 2. The van der Waals surface area contributed by atoms with E-state index in [2.05, 4.69) is 40.2 Å². The minimum Gasteiger partial charge on any atom is -0.451 e. The van der Waals surface area contributed by atoms with Crippen LogP contribution in [0.1, 0.15) is 72.7 Å². The topological polar surface area (TPSA) is 226 Å². The number of rotatable bonds is 18. The molecule has 8 atom stereocenters. The smallest absolute Gasteiger partial charge is 0.258 e. The number of hydrogen-bond donors (Lipinski definition) is 4. The summed E-state index contributed by atoms with van der Waals surface area (Å²) in [5.74, 6) is -1.71. The molecular formula is C52H70N10O10. The summed E-state index contributed by atoms with van der Waals surface area (Å²) in [4.78, 5) is 71.4. The molecule has 0 aliphatic carbocycles. The van der Waals surface area contributed by atoms with Crippen molar-refractivity contribution in [3.8, 4) is 0 Å². The van der Waals surface area contributed by atoms with Crippen LogP contribution in [0.15, 0.2) is 80.2 Å². The summed E-state index contributed by atoms with van der Waals surface area (Å²) in [6.07, 6.45) is 15.0. The Hall–Kier alpha value is -5.58. The van der Waals surface area contributed by atoms with Gasteiger partial charge in [-0.15, -0.1) is 0 Å². The maximum Gasteiger partial charge on any atom is 0.258 e. The van der Waals surface area contributed by atoms with E-state index in [0.29, 0.717) is 50.4 Å². The summed E-state index contributed by atoms with van der Waals surface area (Å²) in [6.45, 7) is 15.0. The fourth-order valence-electron chi connectivity index (χ4n) is 12.0. The lowest BCUT2D eigenvalue weighted by molar-refractivity contribution is -0.128. The number of aromatic nitrogens is 4. The Kier molecular flexibility index (Phi) is 17.1. The Labute approximate surface area is 419 Å². The molecule has 4 saturated heterocycles. The predicted octanol–water partition coefficient (Wildman–Crippen LogP) is 1.74. The summed E-state index contributed by atoms with van der Waals surface area (Å²) in [7, 11) is 0. The minimum atomic E-state index is -0.476. The first kappa shape index (κ1) is 51.3. The molecule has 4 N–H and O–H groups in total. The van der Waals surface area contributed by atoms with E-state index in [4.69, 9.17) is 18.3 Å². The van der Waals surface area contributed by atoms with Gasteiger partial charge in [0.2, 0.25) is 11.8 Å². The molecule has 4 aromatic heterocycles. The van der Waals surface area contributed by atoms with Gasteiger partial charge in [0.15, 0.2) is 12.8 Å². The largest absolute Gasteiger partial charge is 0.451 e. The lowest BCUT2D eigenvalue weighted by Gasteiger charge is -2.37. The van der Waals surface area contributed by atoms with Crippen LogP contribution < -0.4 is 21.8 Å². The molecular weight excluding hydrogens is 925 g/mol. The number of aliphatic hydroxyl groups is 2. The number of aliphatic hydroxyl groups excluding tert-OH is 2. The highest BCUT2D eigenvalue weighted by Gasteiger charge is 2.57. The van der Waals surface area contributed by atoms with Gasteiger partial charge in [0, 0.05) is 125 Å². The number of oxazole rings is 2. The van der Waals surface area contributed by atoms with E-state index >= 15 is 0 Å². The number of ether oxygens (including phenoxy) is 2. The molecule has 4 aromatic rings. The first-order valence-corrected chi connectivity index (χ1v) is 25.6. The SMILES string of the molecule is C/C=C/c1ccc2n(c1=O)C[C@@H]1[C@@H](CO)[C@H](C(=O)NCCCN3CCOCC3)[C@H]2N1Cc1cocn1.C/C=C\c1ccc2n(c1=O)C[C@@H]1[C@@H](CO)[C@H](C(=O)NCCCN3CCOCC3)[C@H]2N1Cc1cocn1. The zero-order valence-corrected chi connectivity index (χ0v) is 41.4. The van der Waals surface area contributed by atoms with Crippen LogP contribution in [0.3, 0.4) is 0 Å². The van der Waals surface area contributed by atoms with Crippen molar-refractivity contribution in [2.24, 2.45) is 23.7 Å². The third kappa shape index (κ3) is 10.9. The van der Waals surface area contributed by atoms with E-state index in [-0.39, 0.29) is 72.1 Å². The van der Waals surface area contributed by atoms with Crippen molar-refractivity contribution < 1.29 is 38.1 Å². The number of carbonyl (C=O) groups excluding carboxylic acids is 2. The Morgan fingerprint density at radius 3 is 1.43 bits per heavy atom. The summed E-state index contributed by atoms with van der Waals surface area (Å²) < 4.78 is 24.7. The molecule has 20 heteroatoms. The van der Waals surface area contributed by atoms with Crippen molar-refractivity contribution in [1.82, 2.24) is 49.3 Å². The van der Waals surface area contributed by atoms with Gasteiger partial charge < -0.3 is 48.3 Å². The van der Waals surface area contributed by atoms with Crippen molar-refractivity contribution in [1.29, 1.82) is 0 Å². The van der Waals surface area contributed by atoms with Gasteiger partial charge in [0.05, 0.1) is 61.7 Å². The quantitative estimate of drug-likeness (QED) is 0.104. The number of carbonyl (C=O) groups is 2. The van der Waals surface area contributed by atoms with Crippen molar-refractivity contribution >= 4 is 24.0 Å². The maximum absolute atomic E-state index is 13.6. The number of nitrogens with one attached hydrogen (secondary N) is 2. The van der Waals surface area contributed by atoms with Gasteiger partial charge in [-0.05, 0) is 64.0 Å². The van der Waals surface area contributed by atoms with E-state index in [0.717, 1.165) is 101 Å². The third-order valence-corrected chi connectivity index (χ3v) is 15.5. The highest BCUT2D eigenvalue weighted by atomic mass is 16.5. The normalized spacial score (nSPS) is 26.4. The number of hydrogen-bond acceptors (Lipinski definition) is 16. The first-order valence-electron chi connectivity index (χ1n) is 25.6. The number of pyridine rings is 2. The van der Waals surface area contributed by atoms with Crippen LogP contribution in [0.5, 0.6) is 0 Å². The van der Waals surface area contributed by atoms with Crippen LogP contribution in [0.25, 0.3) is 12.2 Å². The van der Waals surface area contributed by atoms with Crippen molar-refractivity contribution in [3.05, 3.63) is 116 Å². The van der Waals surface area contributed by atoms with Gasteiger partial charge in [-0.1, -0.05) is 24.3 Å². The molecule has 4 bridgehead atoms. The Balaban J connectivity index is 0.000000178. The van der Waals surface area contributed by atoms with Gasteiger partial charge in [-0.25, -0.2) is 9.97 Å². The number of fused-ring (bicyclic) bond motifs is 8. The van der Waals surface area contributed by atoms with Gasteiger partial charge in [-0.2, -0.15) is 0 Å². The van der Waals surface area contributed by atoms with Crippen LogP contribution >= 0.6 is 0 Å². The molecule has 6 aliphatic rings. The number of morpholine rings is 2. The monoisotopic (exact) mass is 995 g/mol. The second kappa shape index (κ2) is 24.0. The lowest BCUT2D eigenvalue weighted by Crippen LogP contribution is -2.46. The van der Waals surface area contributed by atoms with Crippen LogP contribution in [-0.4, -0.2) is 165 Å². The fourth-order valence-corrected chi connectivity index (χ4v) is 12.0. The van der Waals surface area contributed by atoms with Gasteiger partial charge in [0.25, 0.3) is 11.1 Å². The highest BCUT2D eigenvalue weighted by molar-refractivity contribution is 5.81. The summed E-state index contributed by atoms with van der Waals surface area (Å²) >= 11 is 0. The van der Waals surface area contributed by atoms with Crippen molar-refractivity contribution in [2.45, 2.75) is 77.0 Å². The predicted molar refractivity (Wildman–Crippen MR) is 266 cm³/mol. The summed E-state index contributed by atoms with van der Waals surface area (Å²) in [5.41, 5.74) is 4.24. The van der Waals surface area contributed by atoms with Crippen LogP contribution in [-0.2, 0) is 45.2 Å². The molecule has 388 valence electrons. The van der Waals surface area contributed by atoms with Crippen LogP contribution in [0, 0.1) is 23.7 Å². The minimum absolute atomic E-state index is 0.0649. The van der Waals surface area contributed by atoms with Crippen molar-refractivity contribution in [2.75, 3.05) is 92.0 Å². The zero-order chi connectivity index (χ0) is 50.1. The summed E-state index contributed by atoms with van der Waals surface area (Å²) in [5, 5.41) is 27.2. The average molecular weight is 995 g/mol. The number of allylic oxidation sites excluding steroid dienone is 2. The Morgan fingerprint density at radius 2 is 1.07 bits per heavy atom. The first-order chi connectivity index (χ1) is 35.2. The standard InChI is InChI=1S/2C26H35N5O5/c2*1-2-4-18-5-6-21-24-23(25(33)27-7-3-8-29-9-11-35-12-10-29)20(15-32)22(14-31(21)26(18)34)30(24)13-19-16-36-17-28-19/h2*2,4-6,16-17,20,22-24,32H,3,7-15H2,1H3,(H,27,33)/b4-2+;4-2-/t2*20-,22-,23+,24+/m11/s1. The molecule has 0 aromatic carbocycles. The van der Waals surface area contributed by atoms with E-state index in [9.17, 15) is 29.4 Å². The van der Waals surface area contributed by atoms with Gasteiger partial charge in [0.1, 0.15) is 12.5 Å². The van der Waals surface area contributed by atoms with Crippen molar-refractivity contribution in [3.63, 3.8) is 0 Å². The molecule has 2 amide bonds. The highest BCUT2D eigenvalue weighted by Crippen LogP contribution is 2.50. The van der Waals surface area contributed by atoms with Gasteiger partial charge >= 0.3 is 0 Å². The van der Waals surface area contributed by atoms with Crippen LogP contribution in [0.4, 0.5) is 0 Å². The van der Waals surface area contributed by atoms with Crippen LogP contribution in [0.2, 0.25) is 0 Å². The molecule has 20 nitrogen and oxygen atoms in total. The van der Waals surface area contributed by atoms with E-state index in [1.165, 1.54) is 12.8 Å². The average Bonchev–Trinajstić information content (AvgIpc) is 4.20. The molecule has 6 aliphatic heterocycles. The maximum atomic E-state index is 13.6. The van der Waals surface area contributed by atoms with E-state index < -0.39 is 11.8 Å². The van der Waals surface area contributed by atoms with E-state index in [1.54, 1.807) is 21.7 Å². The van der Waals surface area contributed by atoms with E-state index in [1.807, 2.05) is 62.4 Å². The second-order valence-corrected chi connectivity index (χ2v) is 19.5. The number of nitrogens with zero attached hydrogens (tertiary/aromatic N) is 8. The second-order valence-electron chi connectivity index (χ2n) is 19.5. The molecule has 72 heavy (non-hydrogen) atoms. The molecule has 0 spiro atoms. The van der Waals surface area contributed by atoms with Gasteiger partial charge in [-0.3, -0.25) is 38.8 Å². The Morgan fingerprint density at radius 1 is 0.653 bits per heavy atom. The lowest BCUT2D eigenvalue weighted by atomic mass is 9.86. The molecule has 4 fully saturated rings. The third-order valence-electron chi connectivity index (χ3n) is 15.5. The zero-order valence-electron chi connectivity index (χ0n) is 41.4.